The van der Waals surface area contributed by atoms with Crippen molar-refractivity contribution in [2.45, 2.75) is 70.6 Å². The largest absolute Gasteiger partial charge is 0.494 e. The standard InChI is InChI=1S/C31H39N3O6/c1-4-39-22-13-11-21(12-14-22)32-28(36)24-23-15-16-31(40-23)25(24)30(38)34(17-6-5-7-18-35)27(31)29(37)33-26-19(2)9-8-10-20(26)3/h8-14,23-25,27,35H,4-7,15-18H2,1-3H3,(H,32,36)(H,33,37)/t23-,24+,25-,27?,31?/m0/s1. The number of hydrogen-bond donors (Lipinski definition) is 3. The molecule has 3 heterocycles. The number of fused-ring (bicyclic) bond motifs is 1. The van der Waals surface area contributed by atoms with Crippen LogP contribution in [0.5, 0.6) is 5.75 Å². The number of nitrogens with one attached hydrogen (secondary N) is 2. The van der Waals surface area contributed by atoms with Crippen LogP contribution in [-0.4, -0.2) is 65.2 Å². The van der Waals surface area contributed by atoms with E-state index < -0.39 is 29.6 Å². The van der Waals surface area contributed by atoms with Gasteiger partial charge >= 0.3 is 0 Å². The number of unbranched alkanes of at least 4 members (excludes halogenated alkanes) is 2. The van der Waals surface area contributed by atoms with E-state index in [1.807, 2.05) is 39.0 Å². The summed E-state index contributed by atoms with van der Waals surface area (Å²) in [6.07, 6.45) is 2.73. The number of para-hydroxylation sites is 1. The van der Waals surface area contributed by atoms with Crippen molar-refractivity contribution in [2.24, 2.45) is 11.8 Å². The Balaban J connectivity index is 1.42. The van der Waals surface area contributed by atoms with Gasteiger partial charge < -0.3 is 30.1 Å². The fourth-order valence-corrected chi connectivity index (χ4v) is 6.79. The fraction of sp³-hybridized carbons (Fsp3) is 0.516. The molecule has 2 unspecified atom stereocenters. The molecule has 1 spiro atoms. The predicted octanol–water partition coefficient (Wildman–Crippen LogP) is 3.82. The van der Waals surface area contributed by atoms with Crippen LogP contribution in [0.25, 0.3) is 0 Å². The summed E-state index contributed by atoms with van der Waals surface area (Å²) in [6, 6.07) is 12.1. The van der Waals surface area contributed by atoms with E-state index >= 15 is 0 Å². The topological polar surface area (TPSA) is 117 Å². The molecular weight excluding hydrogens is 510 g/mol. The van der Waals surface area contributed by atoms with Crippen molar-refractivity contribution >= 4 is 29.1 Å². The number of aliphatic hydroxyl groups excluding tert-OH is 1. The third-order valence-electron chi connectivity index (χ3n) is 8.57. The number of nitrogens with zero attached hydrogens (tertiary/aromatic N) is 1. The highest BCUT2D eigenvalue weighted by molar-refractivity contribution is 6.05. The normalized spacial score (nSPS) is 26.6. The number of likely N-dealkylation sites (tertiary alicyclic amines) is 1. The quantitative estimate of drug-likeness (QED) is 0.367. The minimum Gasteiger partial charge on any atom is -0.494 e. The first-order valence-corrected chi connectivity index (χ1v) is 14.3. The highest BCUT2D eigenvalue weighted by atomic mass is 16.5. The lowest BCUT2D eigenvalue weighted by Gasteiger charge is -2.33. The number of amides is 3. The summed E-state index contributed by atoms with van der Waals surface area (Å²) < 4.78 is 12.0. The first-order chi connectivity index (χ1) is 19.3. The van der Waals surface area contributed by atoms with Crippen molar-refractivity contribution < 1.29 is 29.0 Å². The third kappa shape index (κ3) is 4.97. The SMILES string of the molecule is CCOc1ccc(NC(=O)[C@@H]2[C@@H]3CCC4(O3)C(C(=O)Nc3c(C)cccc3C)N(CCCCCO)C(=O)[C@H]24)cc1. The number of hydrogen-bond acceptors (Lipinski definition) is 6. The summed E-state index contributed by atoms with van der Waals surface area (Å²) in [7, 11) is 0. The molecule has 0 saturated carbocycles. The molecule has 3 amide bonds. The summed E-state index contributed by atoms with van der Waals surface area (Å²) in [5, 5.41) is 15.3. The zero-order chi connectivity index (χ0) is 28.4. The number of aliphatic hydroxyl groups is 1. The first kappa shape index (κ1) is 28.1. The Kier molecular flexibility index (Phi) is 8.14. The molecule has 3 fully saturated rings. The van der Waals surface area contributed by atoms with Gasteiger partial charge in [-0.25, -0.2) is 0 Å². The second-order valence-electron chi connectivity index (χ2n) is 11.1. The van der Waals surface area contributed by atoms with Crippen LogP contribution in [0.1, 0.15) is 50.2 Å². The molecule has 3 aliphatic rings. The van der Waals surface area contributed by atoms with Gasteiger partial charge in [-0.1, -0.05) is 18.2 Å². The van der Waals surface area contributed by atoms with E-state index in [4.69, 9.17) is 9.47 Å². The highest BCUT2D eigenvalue weighted by Gasteiger charge is 2.74. The monoisotopic (exact) mass is 549 g/mol. The molecule has 40 heavy (non-hydrogen) atoms. The van der Waals surface area contributed by atoms with Crippen LogP contribution in [0.2, 0.25) is 0 Å². The zero-order valence-electron chi connectivity index (χ0n) is 23.4. The first-order valence-electron chi connectivity index (χ1n) is 14.3. The summed E-state index contributed by atoms with van der Waals surface area (Å²) in [6.45, 7) is 6.78. The molecule has 9 nitrogen and oxygen atoms in total. The number of ether oxygens (including phenoxy) is 2. The van der Waals surface area contributed by atoms with Crippen LogP contribution < -0.4 is 15.4 Å². The Hall–Kier alpha value is -3.43. The maximum Gasteiger partial charge on any atom is 0.250 e. The third-order valence-corrected chi connectivity index (χ3v) is 8.57. The molecular formula is C31H39N3O6. The van der Waals surface area contributed by atoms with Gasteiger partial charge in [-0.15, -0.1) is 0 Å². The van der Waals surface area contributed by atoms with E-state index in [9.17, 15) is 19.5 Å². The van der Waals surface area contributed by atoms with Gasteiger partial charge in [0, 0.05) is 24.5 Å². The van der Waals surface area contributed by atoms with Gasteiger partial charge in [-0.2, -0.15) is 0 Å². The van der Waals surface area contributed by atoms with Crippen molar-refractivity contribution in [1.82, 2.24) is 4.90 Å². The van der Waals surface area contributed by atoms with Gasteiger partial charge in [0.1, 0.15) is 17.4 Å². The molecule has 0 aromatic heterocycles. The van der Waals surface area contributed by atoms with Crippen molar-refractivity contribution in [2.75, 3.05) is 30.4 Å². The maximum absolute atomic E-state index is 14.0. The molecule has 0 aliphatic carbocycles. The molecule has 2 aromatic carbocycles. The van der Waals surface area contributed by atoms with Gasteiger partial charge in [0.05, 0.1) is 24.5 Å². The predicted molar refractivity (Wildman–Crippen MR) is 151 cm³/mol. The highest BCUT2D eigenvalue weighted by Crippen LogP contribution is 2.58. The minimum absolute atomic E-state index is 0.0789. The lowest BCUT2D eigenvalue weighted by Crippen LogP contribution is -2.53. The molecule has 5 rings (SSSR count). The van der Waals surface area contributed by atoms with Crippen LogP contribution >= 0.6 is 0 Å². The van der Waals surface area contributed by atoms with Gasteiger partial charge in [-0.05, 0) is 88.3 Å². The van der Waals surface area contributed by atoms with E-state index in [0.717, 1.165) is 23.2 Å². The number of aryl methyl sites for hydroxylation is 2. The smallest absolute Gasteiger partial charge is 0.250 e. The molecule has 9 heteroatoms. The van der Waals surface area contributed by atoms with E-state index in [0.29, 0.717) is 50.3 Å². The Morgan fingerprint density at radius 3 is 2.45 bits per heavy atom. The molecule has 2 aromatic rings. The van der Waals surface area contributed by atoms with Crippen molar-refractivity contribution in [3.8, 4) is 5.75 Å². The van der Waals surface area contributed by atoms with Crippen molar-refractivity contribution in [1.29, 1.82) is 0 Å². The van der Waals surface area contributed by atoms with Gasteiger partial charge in [0.2, 0.25) is 17.7 Å². The number of anilines is 2. The van der Waals surface area contributed by atoms with Crippen molar-refractivity contribution in [3.63, 3.8) is 0 Å². The second kappa shape index (κ2) is 11.6. The molecule has 0 radical (unpaired) electrons. The van der Waals surface area contributed by atoms with E-state index in [1.165, 1.54) is 0 Å². The van der Waals surface area contributed by atoms with Gasteiger partial charge in [0.15, 0.2) is 0 Å². The Morgan fingerprint density at radius 1 is 1.05 bits per heavy atom. The lowest BCUT2D eigenvalue weighted by molar-refractivity contribution is -0.139. The summed E-state index contributed by atoms with van der Waals surface area (Å²) in [4.78, 5) is 43.3. The average Bonchev–Trinajstić information content (AvgIpc) is 3.57. The van der Waals surface area contributed by atoms with Crippen molar-refractivity contribution in [3.05, 3.63) is 53.6 Å². The molecule has 3 aliphatic heterocycles. The Bertz CT molecular complexity index is 1240. The number of carbonyl (C=O) groups excluding carboxylic acids is 3. The average molecular weight is 550 g/mol. The van der Waals surface area contributed by atoms with Gasteiger partial charge in [-0.3, -0.25) is 14.4 Å². The Morgan fingerprint density at radius 2 is 1.77 bits per heavy atom. The molecule has 3 saturated heterocycles. The lowest BCUT2D eigenvalue weighted by atomic mass is 9.70. The minimum atomic E-state index is -1.06. The molecule has 214 valence electrons. The summed E-state index contributed by atoms with van der Waals surface area (Å²) in [5.41, 5.74) is 2.16. The van der Waals surface area contributed by atoms with Crippen LogP contribution in [-0.2, 0) is 19.1 Å². The molecule has 5 atom stereocenters. The van der Waals surface area contributed by atoms with Gasteiger partial charge in [0.25, 0.3) is 0 Å². The van der Waals surface area contributed by atoms with E-state index in [-0.39, 0.29) is 24.3 Å². The van der Waals surface area contributed by atoms with E-state index in [2.05, 4.69) is 10.6 Å². The van der Waals surface area contributed by atoms with E-state index in [1.54, 1.807) is 29.2 Å². The maximum atomic E-state index is 14.0. The zero-order valence-corrected chi connectivity index (χ0v) is 23.4. The van der Waals surface area contributed by atoms with Crippen LogP contribution in [0.4, 0.5) is 11.4 Å². The molecule has 3 N–H and O–H groups in total. The molecule has 2 bridgehead atoms. The summed E-state index contributed by atoms with van der Waals surface area (Å²) in [5.74, 6) is -1.48. The number of benzene rings is 2. The second-order valence-corrected chi connectivity index (χ2v) is 11.1. The Labute approximate surface area is 235 Å². The number of carbonyl (C=O) groups is 3. The van der Waals surface area contributed by atoms with Crippen LogP contribution in [0.3, 0.4) is 0 Å². The van der Waals surface area contributed by atoms with Crippen LogP contribution in [0.15, 0.2) is 42.5 Å². The van der Waals surface area contributed by atoms with Crippen LogP contribution in [0, 0.1) is 25.7 Å². The summed E-state index contributed by atoms with van der Waals surface area (Å²) >= 11 is 0. The number of rotatable bonds is 11. The fourth-order valence-electron chi connectivity index (χ4n) is 6.79.